The summed E-state index contributed by atoms with van der Waals surface area (Å²) in [4.78, 5) is 25.3. The van der Waals surface area contributed by atoms with Crippen molar-refractivity contribution in [3.63, 3.8) is 0 Å². The fraction of sp³-hybridized carbons (Fsp3) is 0.238. The lowest BCUT2D eigenvalue weighted by Crippen LogP contribution is -2.45. The van der Waals surface area contributed by atoms with E-state index in [4.69, 9.17) is 14.2 Å². The molecule has 7 heteroatoms. The number of benzene rings is 2. The number of nitrogens with one attached hydrogen (secondary N) is 2. The maximum atomic E-state index is 13.2. The van der Waals surface area contributed by atoms with Gasteiger partial charge in [-0.25, -0.2) is 4.79 Å². The average molecular weight is 382 g/mol. The first kappa shape index (κ1) is 19.3. The zero-order chi connectivity index (χ0) is 20.3. The highest BCUT2D eigenvalue weighted by Crippen LogP contribution is 2.41. The van der Waals surface area contributed by atoms with Gasteiger partial charge in [0.2, 0.25) is 5.75 Å². The van der Waals surface area contributed by atoms with Crippen LogP contribution in [0.15, 0.2) is 53.7 Å². The second-order valence-electron chi connectivity index (χ2n) is 6.22. The summed E-state index contributed by atoms with van der Waals surface area (Å²) in [6, 6.07) is 11.3. The quantitative estimate of drug-likeness (QED) is 0.749. The van der Waals surface area contributed by atoms with Crippen molar-refractivity contribution in [3.05, 3.63) is 64.9 Å². The lowest BCUT2D eigenvalue weighted by molar-refractivity contribution is 0.102. The highest BCUT2D eigenvalue weighted by Gasteiger charge is 2.33. The fourth-order valence-electron chi connectivity index (χ4n) is 3.26. The smallest absolute Gasteiger partial charge is 0.319 e. The van der Waals surface area contributed by atoms with Gasteiger partial charge in [0.15, 0.2) is 17.3 Å². The molecule has 0 radical (unpaired) electrons. The van der Waals surface area contributed by atoms with E-state index in [9.17, 15) is 9.59 Å². The van der Waals surface area contributed by atoms with Gasteiger partial charge in [-0.05, 0) is 24.6 Å². The largest absolute Gasteiger partial charge is 0.493 e. The summed E-state index contributed by atoms with van der Waals surface area (Å²) in [7, 11) is 4.54. The molecule has 3 rings (SSSR count). The minimum atomic E-state index is -0.671. The zero-order valence-corrected chi connectivity index (χ0v) is 16.2. The molecule has 1 atom stereocenters. The third-order valence-corrected chi connectivity index (χ3v) is 4.57. The lowest BCUT2D eigenvalue weighted by atomic mass is 9.89. The molecule has 2 aromatic carbocycles. The number of hydrogen-bond donors (Lipinski definition) is 2. The molecule has 0 bridgehead atoms. The van der Waals surface area contributed by atoms with Gasteiger partial charge in [-0.3, -0.25) is 4.79 Å². The molecular formula is C21H22N2O5. The predicted octanol–water partition coefficient (Wildman–Crippen LogP) is 3.22. The number of carbonyl (C=O) groups is 2. The Bertz CT molecular complexity index is 912. The first-order chi connectivity index (χ1) is 13.5. The topological polar surface area (TPSA) is 85.9 Å². The highest BCUT2D eigenvalue weighted by molar-refractivity contribution is 6.11. The molecule has 0 saturated heterocycles. The first-order valence-electron chi connectivity index (χ1n) is 8.68. The molecule has 1 aliphatic heterocycles. The standard InChI is InChI=1S/C21H22N2O5/c1-12-17(19(24)13-8-6-5-7-9-13)18(23-21(25)22-12)14-10-15(26-2)20(28-4)16(11-14)27-3/h5-11,18H,1-4H3,(H2,22,23,25)/t18-/m1/s1. The van der Waals surface area contributed by atoms with E-state index in [-0.39, 0.29) is 11.8 Å². The van der Waals surface area contributed by atoms with E-state index in [0.717, 1.165) is 0 Å². The molecule has 0 spiro atoms. The summed E-state index contributed by atoms with van der Waals surface area (Å²) < 4.78 is 16.2. The second-order valence-corrected chi connectivity index (χ2v) is 6.22. The van der Waals surface area contributed by atoms with Crippen LogP contribution in [0, 0.1) is 0 Å². The summed E-state index contributed by atoms with van der Waals surface area (Å²) in [5.41, 5.74) is 2.12. The van der Waals surface area contributed by atoms with Gasteiger partial charge in [-0.15, -0.1) is 0 Å². The first-order valence-corrected chi connectivity index (χ1v) is 8.68. The van der Waals surface area contributed by atoms with Gasteiger partial charge in [-0.1, -0.05) is 30.3 Å². The third-order valence-electron chi connectivity index (χ3n) is 4.57. The molecule has 0 aliphatic carbocycles. The Morgan fingerprint density at radius 1 is 0.964 bits per heavy atom. The van der Waals surface area contributed by atoms with Gasteiger partial charge in [0.1, 0.15) is 0 Å². The highest BCUT2D eigenvalue weighted by atomic mass is 16.5. The van der Waals surface area contributed by atoms with Crippen molar-refractivity contribution in [2.45, 2.75) is 13.0 Å². The van der Waals surface area contributed by atoms with Crippen LogP contribution < -0.4 is 24.8 Å². The number of methoxy groups -OCH3 is 3. The van der Waals surface area contributed by atoms with Crippen LogP contribution in [-0.4, -0.2) is 33.1 Å². The van der Waals surface area contributed by atoms with Crippen LogP contribution in [0.2, 0.25) is 0 Å². The molecule has 0 unspecified atom stereocenters. The number of ketones is 1. The minimum absolute atomic E-state index is 0.177. The van der Waals surface area contributed by atoms with E-state index in [2.05, 4.69) is 10.6 Å². The minimum Gasteiger partial charge on any atom is -0.493 e. The van der Waals surface area contributed by atoms with E-state index < -0.39 is 6.04 Å². The van der Waals surface area contributed by atoms with E-state index in [1.54, 1.807) is 43.3 Å². The van der Waals surface area contributed by atoms with Crippen molar-refractivity contribution in [2.24, 2.45) is 0 Å². The van der Waals surface area contributed by atoms with Crippen LogP contribution in [0.25, 0.3) is 0 Å². The van der Waals surface area contributed by atoms with Crippen molar-refractivity contribution < 1.29 is 23.8 Å². The molecule has 0 fully saturated rings. The number of ether oxygens (including phenoxy) is 3. The maximum Gasteiger partial charge on any atom is 0.319 e. The molecule has 1 heterocycles. The Morgan fingerprint density at radius 3 is 2.11 bits per heavy atom. The third kappa shape index (κ3) is 3.51. The van der Waals surface area contributed by atoms with Gasteiger partial charge in [0, 0.05) is 16.8 Å². The van der Waals surface area contributed by atoms with Crippen molar-refractivity contribution >= 4 is 11.8 Å². The molecule has 2 N–H and O–H groups in total. The number of urea groups is 1. The molecule has 28 heavy (non-hydrogen) atoms. The molecule has 2 amide bonds. The van der Waals surface area contributed by atoms with Crippen molar-refractivity contribution in [2.75, 3.05) is 21.3 Å². The van der Waals surface area contributed by atoms with E-state index in [1.165, 1.54) is 21.3 Å². The number of amides is 2. The summed E-state index contributed by atoms with van der Waals surface area (Å²) in [6.07, 6.45) is 0. The predicted molar refractivity (Wildman–Crippen MR) is 104 cm³/mol. The summed E-state index contributed by atoms with van der Waals surface area (Å²) in [5.74, 6) is 1.14. The maximum absolute atomic E-state index is 13.2. The fourth-order valence-corrected chi connectivity index (χ4v) is 3.26. The van der Waals surface area contributed by atoms with Crippen LogP contribution in [0.3, 0.4) is 0 Å². The van der Waals surface area contributed by atoms with Crippen molar-refractivity contribution in [1.29, 1.82) is 0 Å². The van der Waals surface area contributed by atoms with Gasteiger partial charge < -0.3 is 24.8 Å². The summed E-state index contributed by atoms with van der Waals surface area (Å²) in [6.45, 7) is 1.71. The van der Waals surface area contributed by atoms with Crippen LogP contribution in [-0.2, 0) is 0 Å². The molecule has 146 valence electrons. The lowest BCUT2D eigenvalue weighted by Gasteiger charge is -2.29. The molecule has 1 aliphatic rings. The summed E-state index contributed by atoms with van der Waals surface area (Å²) >= 11 is 0. The Labute approximate surface area is 163 Å². The van der Waals surface area contributed by atoms with Crippen molar-refractivity contribution in [3.8, 4) is 17.2 Å². The average Bonchev–Trinajstić information content (AvgIpc) is 2.72. The normalized spacial score (nSPS) is 16.1. The molecule has 7 nitrogen and oxygen atoms in total. The van der Waals surface area contributed by atoms with Gasteiger partial charge >= 0.3 is 6.03 Å². The van der Waals surface area contributed by atoms with Gasteiger partial charge in [-0.2, -0.15) is 0 Å². The zero-order valence-electron chi connectivity index (χ0n) is 16.2. The number of allylic oxidation sites excluding steroid dienone is 1. The molecule has 2 aromatic rings. The van der Waals surface area contributed by atoms with E-state index in [1.807, 2.05) is 6.07 Å². The Balaban J connectivity index is 2.14. The van der Waals surface area contributed by atoms with Crippen molar-refractivity contribution in [1.82, 2.24) is 10.6 Å². The monoisotopic (exact) mass is 382 g/mol. The molecule has 0 aromatic heterocycles. The SMILES string of the molecule is COc1cc([C@H]2NC(=O)NC(C)=C2C(=O)c2ccccc2)cc(OC)c1OC. The number of carbonyl (C=O) groups excluding carboxylic acids is 2. The Morgan fingerprint density at radius 2 is 1.57 bits per heavy atom. The van der Waals surface area contributed by atoms with Crippen LogP contribution >= 0.6 is 0 Å². The number of hydrogen-bond acceptors (Lipinski definition) is 5. The van der Waals surface area contributed by atoms with E-state index in [0.29, 0.717) is 39.6 Å². The second kappa shape index (κ2) is 8.04. The van der Waals surface area contributed by atoms with Gasteiger partial charge in [0.25, 0.3) is 0 Å². The van der Waals surface area contributed by atoms with Crippen LogP contribution in [0.1, 0.15) is 28.9 Å². The number of rotatable bonds is 6. The Hall–Kier alpha value is -3.48. The Kier molecular flexibility index (Phi) is 5.54. The molecular weight excluding hydrogens is 360 g/mol. The summed E-state index contributed by atoms with van der Waals surface area (Å²) in [5, 5.41) is 5.50. The van der Waals surface area contributed by atoms with E-state index >= 15 is 0 Å². The number of Topliss-reactive ketones (excluding diaryl/α,β-unsaturated/α-hetero) is 1. The van der Waals surface area contributed by atoms with Crippen LogP contribution in [0.4, 0.5) is 4.79 Å². The van der Waals surface area contributed by atoms with Gasteiger partial charge in [0.05, 0.1) is 27.4 Å². The molecule has 0 saturated carbocycles. The van der Waals surface area contributed by atoms with Crippen LogP contribution in [0.5, 0.6) is 17.2 Å².